The number of hydrogen-bond donors (Lipinski definition) is 0. The third-order valence-corrected chi connectivity index (χ3v) is 6.30. The number of rotatable bonds is 3. The van der Waals surface area contributed by atoms with Crippen molar-refractivity contribution in [3.63, 3.8) is 0 Å². The molecule has 186 valence electrons. The smallest absolute Gasteiger partial charge is 0.0616 e. The van der Waals surface area contributed by atoms with Gasteiger partial charge >= 0.3 is 0 Å². The van der Waals surface area contributed by atoms with Crippen LogP contribution in [0, 0.1) is 0 Å². The Balaban J connectivity index is 1.64. The molecular formula is C40H26. The molecule has 0 saturated heterocycles. The molecule has 0 aromatic heterocycles. The van der Waals surface area contributed by atoms with Gasteiger partial charge in [0.15, 0.2) is 0 Å². The molecule has 8 aromatic carbocycles. The summed E-state index contributed by atoms with van der Waals surface area (Å²) in [6.45, 7) is 0. The summed E-state index contributed by atoms with van der Waals surface area (Å²) >= 11 is 0. The van der Waals surface area contributed by atoms with Gasteiger partial charge in [-0.15, -0.1) is 0 Å². The van der Waals surface area contributed by atoms with Crippen LogP contribution >= 0.6 is 0 Å². The molecule has 0 nitrogen and oxygen atoms in total. The maximum atomic E-state index is 9.41. The normalized spacial score (nSPS) is 20.2. The second kappa shape index (κ2) is 9.22. The van der Waals surface area contributed by atoms with Crippen LogP contribution in [0.4, 0.5) is 0 Å². The Hall–Kier alpha value is -5.20. The molecule has 0 N–H and O–H groups in total. The van der Waals surface area contributed by atoms with E-state index in [-0.39, 0.29) is 0 Å². The van der Waals surface area contributed by atoms with E-state index in [9.17, 15) is 13.7 Å². The molecule has 0 radical (unpaired) electrons. The fourth-order valence-corrected chi connectivity index (χ4v) is 4.55. The topological polar surface area (TPSA) is 0 Å². The molecule has 8 aromatic rings. The summed E-state index contributed by atoms with van der Waals surface area (Å²) in [6.07, 6.45) is 0. The zero-order valence-corrected chi connectivity index (χ0v) is 20.1. The Kier molecular flexibility index (Phi) is 2.05. The predicted octanol–water partition coefficient (Wildman–Crippen LogP) is 11.3. The predicted molar refractivity (Wildman–Crippen MR) is 173 cm³/mol. The Labute approximate surface area is 268 Å². The van der Waals surface area contributed by atoms with Crippen LogP contribution < -0.4 is 0 Å². The van der Waals surface area contributed by atoms with Crippen LogP contribution in [0.2, 0.25) is 0 Å². The Morgan fingerprint density at radius 1 is 0.300 bits per heavy atom. The van der Waals surface area contributed by atoms with Gasteiger partial charge in [-0.1, -0.05) is 145 Å². The lowest BCUT2D eigenvalue weighted by molar-refractivity contribution is 1.63. The molecule has 8 rings (SSSR count). The zero-order chi connectivity index (χ0) is 48.2. The van der Waals surface area contributed by atoms with Gasteiger partial charge < -0.3 is 0 Å². The molecule has 0 saturated carbocycles. The molecule has 0 heterocycles. The first-order valence-electron chi connectivity index (χ1n) is 24.3. The van der Waals surface area contributed by atoms with Gasteiger partial charge in [0.25, 0.3) is 0 Å². The SMILES string of the molecule is [2H]c1cc([2H])c2c(-c3c([2H])c([2H])c4c([2H])c([2H])c([2H])c([2H])c4c3[2H])c3c([2H])c([2H])c([2H])c([2H])c3c(-c3c([2H])c([2H])c(-c4c([2H])c([2H])c5c([2H])c([2H])c([2H])c([2H])c5c4[2H])c([2H])c3[2H])c2c1[2H]. The minimum atomic E-state index is -1.03. The Morgan fingerprint density at radius 3 is 1.38 bits per heavy atom. The lowest BCUT2D eigenvalue weighted by Gasteiger charge is -2.18. The second-order valence-electron chi connectivity index (χ2n) is 8.56. The van der Waals surface area contributed by atoms with E-state index in [4.69, 9.17) is 20.6 Å². The quantitative estimate of drug-likeness (QED) is 0.199. The third kappa shape index (κ3) is 3.69. The molecule has 0 aliphatic rings. The fourth-order valence-electron chi connectivity index (χ4n) is 4.55. The van der Waals surface area contributed by atoms with Crippen molar-refractivity contribution in [2.24, 2.45) is 0 Å². The highest BCUT2D eigenvalue weighted by molar-refractivity contribution is 6.21. The van der Waals surface area contributed by atoms with E-state index in [1.807, 2.05) is 0 Å². The van der Waals surface area contributed by atoms with E-state index in [1.165, 1.54) is 0 Å². The fraction of sp³-hybridized carbons (Fsp3) is 0. The van der Waals surface area contributed by atoms with E-state index >= 15 is 0 Å². The molecule has 0 bridgehead atoms. The van der Waals surface area contributed by atoms with Crippen LogP contribution in [0.1, 0.15) is 34.3 Å². The van der Waals surface area contributed by atoms with Crippen molar-refractivity contribution in [1.29, 1.82) is 0 Å². The third-order valence-electron chi connectivity index (χ3n) is 6.30. The molecule has 0 aliphatic heterocycles. The Bertz CT molecular complexity index is 3570. The molecule has 40 heavy (non-hydrogen) atoms. The van der Waals surface area contributed by atoms with Gasteiger partial charge in [0.05, 0.1) is 34.3 Å². The van der Waals surface area contributed by atoms with Crippen molar-refractivity contribution in [2.75, 3.05) is 0 Å². The van der Waals surface area contributed by atoms with Gasteiger partial charge in [-0.05, 0) is 88.6 Å². The minimum absolute atomic E-state index is 0.509. The summed E-state index contributed by atoms with van der Waals surface area (Å²) in [7, 11) is 0. The number of hydrogen-bond acceptors (Lipinski definition) is 0. The molecule has 0 aliphatic carbocycles. The summed E-state index contributed by atoms with van der Waals surface area (Å²) in [5.74, 6) is 0. The largest absolute Gasteiger partial charge is 0.0636 e. The highest BCUT2D eigenvalue weighted by Crippen LogP contribution is 2.44. The van der Waals surface area contributed by atoms with Gasteiger partial charge in [0, 0.05) is 0 Å². The lowest BCUT2D eigenvalue weighted by Crippen LogP contribution is -1.91. The lowest BCUT2D eigenvalue weighted by atomic mass is 9.85. The van der Waals surface area contributed by atoms with E-state index < -0.39 is 228 Å². The first kappa shape index (κ1) is 8.91. The molecular weight excluding hydrogens is 480 g/mol. The molecule has 0 heteroatoms. The van der Waals surface area contributed by atoms with Crippen LogP contribution in [-0.4, -0.2) is 0 Å². The zero-order valence-electron chi connectivity index (χ0n) is 45.1. The van der Waals surface area contributed by atoms with Gasteiger partial charge in [-0.2, -0.15) is 0 Å². The Morgan fingerprint density at radius 2 is 0.725 bits per heavy atom. The van der Waals surface area contributed by atoms with Gasteiger partial charge in [0.1, 0.15) is 0 Å². The standard InChI is InChI=1S/C40H26/c1-3-11-31-25-33(23-19-27(31)9-1)29-17-21-30(22-18-29)39-35-13-5-7-15-37(35)40(38-16-8-6-14-36(38)39)34-24-20-28-10-2-4-12-32(28)26-34/h1-26H/i1D,2D,3D,4D,5D,6D,7D,9D,10D,11D,12D,13D,14D,15D,16D,17D,18D,19D,20D,21D,22D,23D,24D,25D,26D. The van der Waals surface area contributed by atoms with Crippen molar-refractivity contribution in [1.82, 2.24) is 0 Å². The summed E-state index contributed by atoms with van der Waals surface area (Å²) < 4.78 is 221. The first-order chi connectivity index (χ1) is 30.3. The van der Waals surface area contributed by atoms with Crippen molar-refractivity contribution in [2.45, 2.75) is 0 Å². The van der Waals surface area contributed by atoms with Crippen molar-refractivity contribution >= 4 is 43.1 Å². The monoisotopic (exact) mass is 531 g/mol. The van der Waals surface area contributed by atoms with E-state index in [0.29, 0.717) is 0 Å². The van der Waals surface area contributed by atoms with E-state index in [0.717, 1.165) is 6.07 Å². The summed E-state index contributed by atoms with van der Waals surface area (Å²) in [4.78, 5) is 0. The molecule has 0 amide bonds. The summed E-state index contributed by atoms with van der Waals surface area (Å²) in [6, 6.07) is -20.4. The van der Waals surface area contributed by atoms with Crippen molar-refractivity contribution in [3.05, 3.63) is 157 Å². The van der Waals surface area contributed by atoms with Crippen molar-refractivity contribution in [3.8, 4) is 33.4 Å². The maximum Gasteiger partial charge on any atom is 0.0636 e. The molecule has 0 atom stereocenters. The van der Waals surface area contributed by atoms with Gasteiger partial charge in [-0.25, -0.2) is 0 Å². The van der Waals surface area contributed by atoms with Crippen LogP contribution in [0.5, 0.6) is 0 Å². The van der Waals surface area contributed by atoms with E-state index in [2.05, 4.69) is 0 Å². The van der Waals surface area contributed by atoms with Gasteiger partial charge in [-0.3, -0.25) is 0 Å². The average Bonchev–Trinajstić information content (AvgIpc) is 3.26. The van der Waals surface area contributed by atoms with Crippen LogP contribution in [0.25, 0.3) is 76.5 Å². The van der Waals surface area contributed by atoms with Crippen LogP contribution in [0.15, 0.2) is 157 Å². The van der Waals surface area contributed by atoms with Gasteiger partial charge in [0.2, 0.25) is 0 Å². The summed E-state index contributed by atoms with van der Waals surface area (Å²) in [5.41, 5.74) is -4.19. The minimum Gasteiger partial charge on any atom is -0.0616 e. The molecule has 0 spiro atoms. The summed E-state index contributed by atoms with van der Waals surface area (Å²) in [5, 5.41) is -4.59. The number of benzene rings is 8. The maximum absolute atomic E-state index is 9.41. The van der Waals surface area contributed by atoms with Crippen LogP contribution in [0.3, 0.4) is 0 Å². The first-order valence-corrected chi connectivity index (χ1v) is 11.8. The highest BCUT2D eigenvalue weighted by atomic mass is 14.2. The second-order valence-corrected chi connectivity index (χ2v) is 8.56. The van der Waals surface area contributed by atoms with E-state index in [1.54, 1.807) is 0 Å². The number of fused-ring (bicyclic) bond motifs is 4. The average molecular weight is 532 g/mol. The molecule has 0 unspecified atom stereocenters. The molecule has 0 fully saturated rings. The van der Waals surface area contributed by atoms with Crippen LogP contribution in [-0.2, 0) is 0 Å². The highest BCUT2D eigenvalue weighted by Gasteiger charge is 2.16. The van der Waals surface area contributed by atoms with Crippen molar-refractivity contribution < 1.29 is 34.3 Å².